The van der Waals surface area contributed by atoms with Crippen LogP contribution in [0.2, 0.25) is 0 Å². The van der Waals surface area contributed by atoms with Crippen LogP contribution in [0.25, 0.3) is 5.13 Å². The van der Waals surface area contributed by atoms with Gasteiger partial charge in [-0.25, -0.2) is 4.98 Å². The molecule has 1 aliphatic rings. The summed E-state index contributed by atoms with van der Waals surface area (Å²) >= 11 is 1.68. The monoisotopic (exact) mass is 298 g/mol. The fourth-order valence-corrected chi connectivity index (χ4v) is 3.77. The summed E-state index contributed by atoms with van der Waals surface area (Å²) in [4.78, 5) is 6.95. The number of thiazole rings is 1. The minimum Gasteiger partial charge on any atom is -0.349 e. The van der Waals surface area contributed by atoms with Gasteiger partial charge in [0.1, 0.15) is 0 Å². The molecule has 1 aliphatic heterocycles. The molecule has 4 nitrogen and oxygen atoms in total. The average Bonchev–Trinajstić information content (AvgIpc) is 3.21. The van der Waals surface area contributed by atoms with Crippen molar-refractivity contribution >= 4 is 11.3 Å². The number of hydrogen-bond donors (Lipinski definition) is 0. The molecule has 4 rings (SSSR count). The van der Waals surface area contributed by atoms with Crippen molar-refractivity contribution in [3.8, 4) is 5.13 Å². The van der Waals surface area contributed by atoms with E-state index < -0.39 is 0 Å². The predicted molar refractivity (Wildman–Crippen MR) is 84.7 cm³/mol. The highest BCUT2D eigenvalue weighted by Crippen LogP contribution is 2.27. The zero-order valence-corrected chi connectivity index (χ0v) is 12.8. The van der Waals surface area contributed by atoms with Crippen molar-refractivity contribution in [2.24, 2.45) is 0 Å². The first-order valence-electron chi connectivity index (χ1n) is 7.28. The van der Waals surface area contributed by atoms with Crippen molar-refractivity contribution in [1.82, 2.24) is 19.0 Å². The summed E-state index contributed by atoms with van der Waals surface area (Å²) in [5.74, 6) is 0. The summed E-state index contributed by atoms with van der Waals surface area (Å²) in [6.07, 6.45) is 6.15. The molecule has 0 bridgehead atoms. The Hall–Kier alpha value is -1.85. The summed E-state index contributed by atoms with van der Waals surface area (Å²) in [5.41, 5.74) is 2.71. The summed E-state index contributed by atoms with van der Waals surface area (Å²) in [6, 6.07) is 9.13. The van der Waals surface area contributed by atoms with Gasteiger partial charge in [0.25, 0.3) is 0 Å². The lowest BCUT2D eigenvalue weighted by Gasteiger charge is -2.34. The maximum atomic E-state index is 4.42. The van der Waals surface area contributed by atoms with Gasteiger partial charge >= 0.3 is 0 Å². The minimum absolute atomic E-state index is 0.452. The maximum Gasteiger partial charge on any atom is 0.193 e. The maximum absolute atomic E-state index is 4.42. The van der Waals surface area contributed by atoms with Gasteiger partial charge in [0.2, 0.25) is 0 Å². The van der Waals surface area contributed by atoms with Crippen LogP contribution in [0, 0.1) is 0 Å². The Kier molecular flexibility index (Phi) is 3.16. The quantitative estimate of drug-likeness (QED) is 0.741. The van der Waals surface area contributed by atoms with Gasteiger partial charge in [-0.2, -0.15) is 0 Å². The summed E-state index contributed by atoms with van der Waals surface area (Å²) in [7, 11) is 0. The molecule has 1 atom stereocenters. The largest absolute Gasteiger partial charge is 0.349 e. The predicted octanol–water partition coefficient (Wildman–Crippen LogP) is 3.31. The van der Waals surface area contributed by atoms with Crippen molar-refractivity contribution in [1.29, 1.82) is 0 Å². The molecule has 3 aromatic heterocycles. The second-order valence-electron chi connectivity index (χ2n) is 5.46. The second kappa shape index (κ2) is 5.16. The molecular formula is C16H18N4S. The zero-order valence-electron chi connectivity index (χ0n) is 12.0. The first-order valence-corrected chi connectivity index (χ1v) is 8.16. The number of nitrogens with zero attached hydrogens (tertiary/aromatic N) is 4. The standard InChI is InChI=1S/C16H18N4S/c1-13-15-5-3-7-18(15)9-10-19(13)12-14-4-2-8-20(14)16-17-6-11-21-16/h2-8,11,13H,9-10,12H2,1H3. The first kappa shape index (κ1) is 12.9. The highest BCUT2D eigenvalue weighted by Gasteiger charge is 2.24. The number of rotatable bonds is 3. The van der Waals surface area contributed by atoms with E-state index in [1.165, 1.54) is 11.4 Å². The van der Waals surface area contributed by atoms with Crippen LogP contribution in [0.5, 0.6) is 0 Å². The van der Waals surface area contributed by atoms with Gasteiger partial charge in [0.15, 0.2) is 5.13 Å². The van der Waals surface area contributed by atoms with Crippen LogP contribution in [0.15, 0.2) is 48.2 Å². The Balaban J connectivity index is 1.59. The van der Waals surface area contributed by atoms with Gasteiger partial charge in [0, 0.05) is 61.0 Å². The zero-order chi connectivity index (χ0) is 14.2. The van der Waals surface area contributed by atoms with Crippen molar-refractivity contribution in [3.05, 3.63) is 59.6 Å². The normalized spacial score (nSPS) is 18.8. The third kappa shape index (κ3) is 2.22. The highest BCUT2D eigenvalue weighted by atomic mass is 32.1. The van der Waals surface area contributed by atoms with Crippen LogP contribution in [-0.4, -0.2) is 25.6 Å². The molecule has 0 spiro atoms. The molecule has 4 heterocycles. The van der Waals surface area contributed by atoms with Crippen molar-refractivity contribution in [3.63, 3.8) is 0 Å². The van der Waals surface area contributed by atoms with E-state index in [1.807, 2.05) is 11.6 Å². The lowest BCUT2D eigenvalue weighted by atomic mass is 10.1. The van der Waals surface area contributed by atoms with Crippen LogP contribution in [0.1, 0.15) is 24.4 Å². The van der Waals surface area contributed by atoms with Crippen molar-refractivity contribution in [2.45, 2.75) is 26.1 Å². The van der Waals surface area contributed by atoms with E-state index in [0.717, 1.165) is 24.8 Å². The van der Waals surface area contributed by atoms with Crippen LogP contribution in [-0.2, 0) is 13.1 Å². The number of aromatic nitrogens is 3. The molecule has 21 heavy (non-hydrogen) atoms. The molecule has 0 radical (unpaired) electrons. The second-order valence-corrected chi connectivity index (χ2v) is 6.33. The van der Waals surface area contributed by atoms with E-state index >= 15 is 0 Å². The average molecular weight is 298 g/mol. The van der Waals surface area contributed by atoms with Crippen molar-refractivity contribution in [2.75, 3.05) is 6.54 Å². The third-order valence-electron chi connectivity index (χ3n) is 4.29. The Morgan fingerprint density at radius 1 is 1.24 bits per heavy atom. The lowest BCUT2D eigenvalue weighted by Crippen LogP contribution is -2.36. The van der Waals surface area contributed by atoms with Crippen LogP contribution < -0.4 is 0 Å². The first-order chi connectivity index (χ1) is 10.3. The van der Waals surface area contributed by atoms with E-state index in [4.69, 9.17) is 0 Å². The van der Waals surface area contributed by atoms with E-state index in [2.05, 4.69) is 62.6 Å². The minimum atomic E-state index is 0.452. The number of hydrogen-bond acceptors (Lipinski definition) is 3. The van der Waals surface area contributed by atoms with Gasteiger partial charge in [-0.3, -0.25) is 9.47 Å². The fourth-order valence-electron chi connectivity index (χ4n) is 3.12. The van der Waals surface area contributed by atoms with Gasteiger partial charge in [-0.1, -0.05) is 0 Å². The molecule has 0 N–H and O–H groups in total. The molecule has 0 saturated carbocycles. The molecule has 0 aliphatic carbocycles. The summed E-state index contributed by atoms with van der Waals surface area (Å²) in [5, 5.41) is 3.07. The topological polar surface area (TPSA) is 26.0 Å². The van der Waals surface area contributed by atoms with Crippen LogP contribution >= 0.6 is 11.3 Å². The van der Waals surface area contributed by atoms with Crippen molar-refractivity contribution < 1.29 is 0 Å². The molecule has 1 unspecified atom stereocenters. The Bertz CT molecular complexity index is 725. The Morgan fingerprint density at radius 3 is 3.00 bits per heavy atom. The van der Waals surface area contributed by atoms with E-state index in [9.17, 15) is 0 Å². The van der Waals surface area contributed by atoms with E-state index in [-0.39, 0.29) is 0 Å². The van der Waals surface area contributed by atoms with Gasteiger partial charge in [0.05, 0.1) is 0 Å². The molecule has 3 aromatic rings. The van der Waals surface area contributed by atoms with Gasteiger partial charge in [-0.05, 0) is 31.2 Å². The van der Waals surface area contributed by atoms with Gasteiger partial charge in [-0.15, -0.1) is 11.3 Å². The Labute approximate surface area is 128 Å². The van der Waals surface area contributed by atoms with E-state index in [0.29, 0.717) is 6.04 Å². The fraction of sp³-hybridized carbons (Fsp3) is 0.312. The van der Waals surface area contributed by atoms with E-state index in [1.54, 1.807) is 11.3 Å². The van der Waals surface area contributed by atoms with Crippen LogP contribution in [0.4, 0.5) is 0 Å². The van der Waals surface area contributed by atoms with Crippen LogP contribution in [0.3, 0.4) is 0 Å². The van der Waals surface area contributed by atoms with Gasteiger partial charge < -0.3 is 4.57 Å². The lowest BCUT2D eigenvalue weighted by molar-refractivity contribution is 0.158. The number of fused-ring (bicyclic) bond motifs is 1. The molecular weight excluding hydrogens is 280 g/mol. The third-order valence-corrected chi connectivity index (χ3v) is 5.06. The molecule has 0 saturated heterocycles. The molecule has 5 heteroatoms. The highest BCUT2D eigenvalue weighted by molar-refractivity contribution is 7.12. The molecule has 0 fully saturated rings. The molecule has 0 aromatic carbocycles. The smallest absolute Gasteiger partial charge is 0.193 e. The summed E-state index contributed by atoms with van der Waals surface area (Å²) < 4.78 is 4.56. The molecule has 0 amide bonds. The SMILES string of the molecule is CC1c2cccn2CCN1Cc1cccn1-c1nccs1. The Morgan fingerprint density at radius 2 is 2.14 bits per heavy atom. The molecule has 108 valence electrons. The summed E-state index contributed by atoms with van der Waals surface area (Å²) in [6.45, 7) is 5.41.